The molecule has 0 aromatic heterocycles. The molecule has 0 heterocycles. The van der Waals surface area contributed by atoms with E-state index in [1.54, 1.807) is 0 Å². The molecule has 0 bridgehead atoms. The average molecular weight is 237 g/mol. The topological polar surface area (TPSA) is 104 Å². The van der Waals surface area contributed by atoms with Gasteiger partial charge in [0.05, 0.1) is 12.5 Å². The van der Waals surface area contributed by atoms with Gasteiger partial charge in [0, 0.05) is 12.5 Å². The van der Waals surface area contributed by atoms with Crippen molar-refractivity contribution >= 4 is 28.5 Å². The molecule has 0 N–H and O–H groups in total. The molecular formula is C2H6O7PS2+. The molecule has 0 atom stereocenters. The van der Waals surface area contributed by atoms with Crippen LogP contribution >= 0.6 is 8.25 Å². The highest BCUT2D eigenvalue weighted by Crippen LogP contribution is 2.28. The van der Waals surface area contributed by atoms with Gasteiger partial charge in [0.15, 0.2) is 0 Å². The predicted octanol–water partition coefficient (Wildman–Crippen LogP) is -0.404. The van der Waals surface area contributed by atoms with E-state index in [9.17, 15) is 21.4 Å². The van der Waals surface area contributed by atoms with E-state index in [0.717, 1.165) is 0 Å². The molecule has 0 fully saturated rings. The Balaban J connectivity index is 4.30. The van der Waals surface area contributed by atoms with Crippen molar-refractivity contribution in [3.8, 4) is 0 Å². The Kier molecular flexibility index (Phi) is 3.73. The van der Waals surface area contributed by atoms with Crippen LogP contribution in [0.1, 0.15) is 0 Å². The summed E-state index contributed by atoms with van der Waals surface area (Å²) in [5.41, 5.74) is 0. The fourth-order valence-corrected chi connectivity index (χ4v) is 2.33. The van der Waals surface area contributed by atoms with E-state index in [1.807, 2.05) is 0 Å². The normalized spacial score (nSPS) is 12.8. The van der Waals surface area contributed by atoms with Crippen LogP contribution < -0.4 is 0 Å². The zero-order valence-corrected chi connectivity index (χ0v) is 8.65. The van der Waals surface area contributed by atoms with E-state index in [-0.39, 0.29) is 0 Å². The van der Waals surface area contributed by atoms with E-state index in [4.69, 9.17) is 0 Å². The lowest BCUT2D eigenvalue weighted by Gasteiger charge is -1.84. The van der Waals surface area contributed by atoms with E-state index in [1.165, 1.54) is 0 Å². The molecule has 0 aromatic carbocycles. The van der Waals surface area contributed by atoms with Crippen molar-refractivity contribution < 1.29 is 29.3 Å². The van der Waals surface area contributed by atoms with Gasteiger partial charge in [-0.05, 0) is 0 Å². The van der Waals surface area contributed by atoms with Crippen molar-refractivity contribution in [1.82, 2.24) is 0 Å². The molecule has 0 amide bonds. The molecule has 0 aliphatic rings. The molecule has 0 rings (SSSR count). The molecule has 0 aliphatic heterocycles. The smallest absolute Gasteiger partial charge is 0.196 e. The van der Waals surface area contributed by atoms with Crippen LogP contribution in [-0.2, 0) is 32.7 Å². The maximum atomic E-state index is 10.4. The minimum absolute atomic E-state index is 0.617. The van der Waals surface area contributed by atoms with Crippen LogP contribution in [0.5, 0.6) is 0 Å². The molecule has 0 spiro atoms. The first-order valence-electron chi connectivity index (χ1n) is 2.36. The molecule has 7 nitrogen and oxygen atoms in total. The van der Waals surface area contributed by atoms with Crippen LogP contribution in [0.25, 0.3) is 0 Å². The summed E-state index contributed by atoms with van der Waals surface area (Å²) in [6, 6.07) is 0. The van der Waals surface area contributed by atoms with Crippen molar-refractivity contribution in [2.75, 3.05) is 12.5 Å². The van der Waals surface area contributed by atoms with Gasteiger partial charge in [0.25, 0.3) is 0 Å². The second kappa shape index (κ2) is 3.75. The molecule has 0 unspecified atom stereocenters. The van der Waals surface area contributed by atoms with Crippen molar-refractivity contribution in [2.45, 2.75) is 0 Å². The fourth-order valence-electron chi connectivity index (χ4n) is 0.234. The van der Waals surface area contributed by atoms with Gasteiger partial charge in [-0.15, -0.1) is 0 Å². The summed E-state index contributed by atoms with van der Waals surface area (Å²) in [6.07, 6.45) is 1.23. The van der Waals surface area contributed by atoms with Crippen LogP contribution in [0.15, 0.2) is 0 Å². The zero-order chi connectivity index (χ0) is 9.99. The third-order valence-electron chi connectivity index (χ3n) is 0.393. The van der Waals surface area contributed by atoms with E-state index >= 15 is 0 Å². The second-order valence-corrected chi connectivity index (χ2v) is 6.24. The molecule has 0 saturated heterocycles. The van der Waals surface area contributed by atoms with Crippen LogP contribution in [-0.4, -0.2) is 29.3 Å². The molecule has 0 aliphatic carbocycles. The number of rotatable bonds is 4. The summed E-state index contributed by atoms with van der Waals surface area (Å²) in [5, 5.41) is 0. The van der Waals surface area contributed by atoms with Crippen LogP contribution in [0.3, 0.4) is 0 Å². The zero-order valence-electron chi connectivity index (χ0n) is 6.12. The first-order chi connectivity index (χ1) is 5.10. The highest BCUT2D eigenvalue weighted by Gasteiger charge is 2.33. The molecule has 0 aromatic rings. The lowest BCUT2D eigenvalue weighted by atomic mass is 12.0. The van der Waals surface area contributed by atoms with Gasteiger partial charge in [0.2, 0.25) is 0 Å². The van der Waals surface area contributed by atoms with Gasteiger partial charge in [-0.25, -0.2) is 0 Å². The van der Waals surface area contributed by atoms with Gasteiger partial charge in [0.1, 0.15) is 0 Å². The van der Waals surface area contributed by atoms with E-state index in [2.05, 4.69) is 7.94 Å². The Labute approximate surface area is 70.9 Å². The molecule has 0 saturated carbocycles. The highest BCUT2D eigenvalue weighted by molar-refractivity contribution is 7.92. The largest absolute Gasteiger partial charge is 0.732 e. The van der Waals surface area contributed by atoms with Crippen LogP contribution in [0, 0.1) is 0 Å². The Morgan fingerprint density at radius 1 is 0.917 bits per heavy atom. The third kappa shape index (κ3) is 8.02. The monoisotopic (exact) mass is 237 g/mol. The summed E-state index contributed by atoms with van der Waals surface area (Å²) >= 11 is 0. The fraction of sp³-hybridized carbons (Fsp3) is 1.00. The average Bonchev–Trinajstić information content (AvgIpc) is 1.49. The number of hydrogen-bond donors (Lipinski definition) is 0. The summed E-state index contributed by atoms with van der Waals surface area (Å²) in [7, 11) is -11.1. The molecule has 10 heteroatoms. The Bertz CT molecular complexity index is 326. The quantitative estimate of drug-likeness (QED) is 0.612. The van der Waals surface area contributed by atoms with Gasteiger partial charge < -0.3 is 0 Å². The summed E-state index contributed by atoms with van der Waals surface area (Å²) in [6.45, 7) is 0. The third-order valence-corrected chi connectivity index (χ3v) is 3.53. The summed E-state index contributed by atoms with van der Waals surface area (Å²) in [5.74, 6) is 0. The SMILES string of the molecule is CS(=O)(=O)O[P+](=O)OS(C)(=O)=O. The van der Waals surface area contributed by atoms with Gasteiger partial charge in [-0.2, -0.15) is 16.8 Å². The second-order valence-electron chi connectivity index (χ2n) is 1.78. The van der Waals surface area contributed by atoms with Gasteiger partial charge >= 0.3 is 28.5 Å². The highest BCUT2D eigenvalue weighted by atomic mass is 32.2. The Morgan fingerprint density at radius 2 is 1.17 bits per heavy atom. The first kappa shape index (κ1) is 11.9. The molecular weight excluding hydrogens is 231 g/mol. The maximum absolute atomic E-state index is 10.4. The van der Waals surface area contributed by atoms with Crippen molar-refractivity contribution in [3.63, 3.8) is 0 Å². The minimum Gasteiger partial charge on any atom is -0.196 e. The van der Waals surface area contributed by atoms with Crippen molar-refractivity contribution in [1.29, 1.82) is 0 Å². The lowest BCUT2D eigenvalue weighted by molar-refractivity contribution is 0.408. The van der Waals surface area contributed by atoms with Crippen molar-refractivity contribution in [3.05, 3.63) is 0 Å². The molecule has 0 radical (unpaired) electrons. The summed E-state index contributed by atoms with van der Waals surface area (Å²) in [4.78, 5) is 0. The Hall–Kier alpha value is -0.0800. The van der Waals surface area contributed by atoms with Crippen LogP contribution in [0.4, 0.5) is 0 Å². The first-order valence-corrected chi connectivity index (χ1v) is 7.09. The lowest BCUT2D eigenvalue weighted by Crippen LogP contribution is -2.01. The van der Waals surface area contributed by atoms with E-state index in [0.29, 0.717) is 12.5 Å². The van der Waals surface area contributed by atoms with Crippen LogP contribution in [0.2, 0.25) is 0 Å². The Morgan fingerprint density at radius 3 is 1.33 bits per heavy atom. The van der Waals surface area contributed by atoms with Gasteiger partial charge in [-0.3, -0.25) is 0 Å². The maximum Gasteiger partial charge on any atom is 0.732 e. The molecule has 72 valence electrons. The number of hydrogen-bond acceptors (Lipinski definition) is 7. The minimum atomic E-state index is -3.97. The van der Waals surface area contributed by atoms with E-state index < -0.39 is 28.5 Å². The summed E-state index contributed by atoms with van der Waals surface area (Å²) < 4.78 is 58.8. The molecule has 12 heavy (non-hydrogen) atoms. The van der Waals surface area contributed by atoms with Gasteiger partial charge in [-0.1, -0.05) is 0 Å². The standard InChI is InChI=1S/C2H6O7PS2/c1-11(4,5)8-10(3)9-12(2,6)7/h1-2H3/q+1. The van der Waals surface area contributed by atoms with Crippen molar-refractivity contribution in [2.24, 2.45) is 0 Å². The predicted molar refractivity (Wildman–Crippen MR) is 39.5 cm³/mol.